The van der Waals surface area contributed by atoms with Gasteiger partial charge in [0.2, 0.25) is 0 Å². The maximum atomic E-state index is 13.1. The third-order valence-corrected chi connectivity index (χ3v) is 3.59. The van der Waals surface area contributed by atoms with Gasteiger partial charge in [0.05, 0.1) is 12.8 Å². The van der Waals surface area contributed by atoms with E-state index in [1.165, 1.54) is 42.7 Å². The summed E-state index contributed by atoms with van der Waals surface area (Å²) >= 11 is 0. The lowest BCUT2D eigenvalue weighted by Gasteiger charge is -2.22. The van der Waals surface area contributed by atoms with Crippen molar-refractivity contribution in [1.29, 1.82) is 0 Å². The molecule has 0 spiro atoms. The van der Waals surface area contributed by atoms with Gasteiger partial charge in [-0.15, -0.1) is 0 Å². The van der Waals surface area contributed by atoms with E-state index in [1.54, 1.807) is 29.2 Å². The molecule has 24 heavy (non-hydrogen) atoms. The predicted molar refractivity (Wildman–Crippen MR) is 85.1 cm³/mol. The molecule has 1 amide bonds. The van der Waals surface area contributed by atoms with Gasteiger partial charge in [0.25, 0.3) is 5.91 Å². The Morgan fingerprint density at radius 3 is 2.08 bits per heavy atom. The number of hydrogen-bond donors (Lipinski definition) is 0. The van der Waals surface area contributed by atoms with E-state index in [2.05, 4.69) is 0 Å². The van der Waals surface area contributed by atoms with Gasteiger partial charge in [0, 0.05) is 12.1 Å². The van der Waals surface area contributed by atoms with Crippen LogP contribution in [0.15, 0.2) is 71.3 Å². The van der Waals surface area contributed by atoms with E-state index in [4.69, 9.17) is 4.42 Å². The average Bonchev–Trinajstić information content (AvgIpc) is 3.09. The largest absolute Gasteiger partial charge is 0.467 e. The number of benzene rings is 2. The van der Waals surface area contributed by atoms with Crippen LogP contribution in [0.4, 0.5) is 8.78 Å². The predicted octanol–water partition coefficient (Wildman–Crippen LogP) is 4.40. The zero-order valence-electron chi connectivity index (χ0n) is 12.8. The van der Waals surface area contributed by atoms with Crippen molar-refractivity contribution in [3.8, 4) is 0 Å². The van der Waals surface area contributed by atoms with Crippen LogP contribution in [0.1, 0.15) is 21.7 Å². The van der Waals surface area contributed by atoms with E-state index in [9.17, 15) is 13.6 Å². The molecule has 0 saturated heterocycles. The van der Waals surface area contributed by atoms with Crippen LogP contribution in [0, 0.1) is 11.6 Å². The van der Waals surface area contributed by atoms with Crippen LogP contribution in [0.2, 0.25) is 0 Å². The number of carbonyl (C=O) groups is 1. The molecule has 0 fully saturated rings. The van der Waals surface area contributed by atoms with Crippen LogP contribution in [-0.2, 0) is 13.1 Å². The van der Waals surface area contributed by atoms with Gasteiger partial charge in [-0.3, -0.25) is 4.79 Å². The van der Waals surface area contributed by atoms with Crippen LogP contribution in [-0.4, -0.2) is 10.8 Å². The highest BCUT2D eigenvalue weighted by atomic mass is 19.1. The topological polar surface area (TPSA) is 33.5 Å². The summed E-state index contributed by atoms with van der Waals surface area (Å²) in [5.74, 6) is -0.354. The Morgan fingerprint density at radius 1 is 0.875 bits per heavy atom. The quantitative estimate of drug-likeness (QED) is 0.696. The van der Waals surface area contributed by atoms with Gasteiger partial charge in [0.15, 0.2) is 0 Å². The summed E-state index contributed by atoms with van der Waals surface area (Å²) < 4.78 is 31.4. The molecular weight excluding hydrogens is 312 g/mol. The standard InChI is InChI=1S/C19H15F2NO2/c20-16-7-3-14(4-8-16)12-22(13-18-2-1-11-24-18)19(23)15-5-9-17(21)10-6-15/h1-11H,12-13H2. The van der Waals surface area contributed by atoms with Gasteiger partial charge < -0.3 is 9.32 Å². The fourth-order valence-electron chi connectivity index (χ4n) is 2.38. The van der Waals surface area contributed by atoms with Crippen LogP contribution < -0.4 is 0 Å². The summed E-state index contributed by atoms with van der Waals surface area (Å²) in [5.41, 5.74) is 1.17. The molecule has 1 aromatic heterocycles. The monoisotopic (exact) mass is 327 g/mol. The summed E-state index contributed by atoms with van der Waals surface area (Å²) in [7, 11) is 0. The van der Waals surface area contributed by atoms with Gasteiger partial charge >= 0.3 is 0 Å². The van der Waals surface area contributed by atoms with Crippen LogP contribution in [0.25, 0.3) is 0 Å². The van der Waals surface area contributed by atoms with Crippen LogP contribution in [0.5, 0.6) is 0 Å². The maximum absolute atomic E-state index is 13.1. The first-order valence-corrected chi connectivity index (χ1v) is 7.43. The molecule has 122 valence electrons. The van der Waals surface area contributed by atoms with E-state index in [1.807, 2.05) is 0 Å². The van der Waals surface area contributed by atoms with E-state index >= 15 is 0 Å². The van der Waals surface area contributed by atoms with Crippen molar-refractivity contribution < 1.29 is 18.0 Å². The van der Waals surface area contributed by atoms with E-state index in [0.717, 1.165) is 5.56 Å². The van der Waals surface area contributed by atoms with Crippen molar-refractivity contribution in [2.45, 2.75) is 13.1 Å². The zero-order chi connectivity index (χ0) is 16.9. The molecule has 0 aliphatic carbocycles. The smallest absolute Gasteiger partial charge is 0.254 e. The van der Waals surface area contributed by atoms with E-state index in [0.29, 0.717) is 11.3 Å². The number of carbonyl (C=O) groups excluding carboxylic acids is 1. The Kier molecular flexibility index (Phi) is 4.70. The van der Waals surface area contributed by atoms with Crippen molar-refractivity contribution in [3.63, 3.8) is 0 Å². The fraction of sp³-hybridized carbons (Fsp3) is 0.105. The molecule has 3 rings (SSSR count). The number of amides is 1. The molecule has 0 saturated carbocycles. The SMILES string of the molecule is O=C(c1ccc(F)cc1)N(Cc1ccc(F)cc1)Cc1ccco1. The molecule has 2 aromatic carbocycles. The van der Waals surface area contributed by atoms with E-state index < -0.39 is 5.82 Å². The van der Waals surface area contributed by atoms with Gasteiger partial charge in [0.1, 0.15) is 17.4 Å². The second-order valence-corrected chi connectivity index (χ2v) is 5.37. The summed E-state index contributed by atoms with van der Waals surface area (Å²) in [6.45, 7) is 0.553. The van der Waals surface area contributed by atoms with Gasteiger partial charge in [-0.2, -0.15) is 0 Å². The lowest BCUT2D eigenvalue weighted by Crippen LogP contribution is -2.30. The maximum Gasteiger partial charge on any atom is 0.254 e. The molecular formula is C19H15F2NO2. The summed E-state index contributed by atoms with van der Waals surface area (Å²) in [6, 6.07) is 14.8. The normalized spacial score (nSPS) is 10.6. The molecule has 1 heterocycles. The third-order valence-electron chi connectivity index (χ3n) is 3.59. The number of nitrogens with zero attached hydrogens (tertiary/aromatic N) is 1. The van der Waals surface area contributed by atoms with Gasteiger partial charge in [-0.1, -0.05) is 12.1 Å². The first kappa shape index (κ1) is 15.9. The van der Waals surface area contributed by atoms with Crippen molar-refractivity contribution in [3.05, 3.63) is 95.4 Å². The van der Waals surface area contributed by atoms with Crippen LogP contribution in [0.3, 0.4) is 0 Å². The van der Waals surface area contributed by atoms with Gasteiger partial charge in [-0.05, 0) is 54.1 Å². The second kappa shape index (κ2) is 7.08. The zero-order valence-corrected chi connectivity index (χ0v) is 12.8. The molecule has 0 radical (unpaired) electrons. The molecule has 0 aliphatic rings. The van der Waals surface area contributed by atoms with Crippen molar-refractivity contribution >= 4 is 5.91 Å². The summed E-state index contributed by atoms with van der Waals surface area (Å²) in [6.07, 6.45) is 1.54. The minimum absolute atomic E-state index is 0.254. The number of furan rings is 1. The Bertz CT molecular complexity index is 796. The Labute approximate surface area is 138 Å². The number of hydrogen-bond acceptors (Lipinski definition) is 2. The molecule has 0 bridgehead atoms. The lowest BCUT2D eigenvalue weighted by molar-refractivity contribution is 0.0717. The highest BCUT2D eigenvalue weighted by molar-refractivity contribution is 5.94. The summed E-state index contributed by atoms with van der Waals surface area (Å²) in [4.78, 5) is 14.3. The minimum atomic E-state index is -0.400. The van der Waals surface area contributed by atoms with Crippen molar-refractivity contribution in [1.82, 2.24) is 4.90 Å². The second-order valence-electron chi connectivity index (χ2n) is 5.37. The highest BCUT2D eigenvalue weighted by Crippen LogP contribution is 2.15. The van der Waals surface area contributed by atoms with Crippen molar-refractivity contribution in [2.75, 3.05) is 0 Å². The highest BCUT2D eigenvalue weighted by Gasteiger charge is 2.18. The lowest BCUT2D eigenvalue weighted by atomic mass is 10.1. The van der Waals surface area contributed by atoms with E-state index in [-0.39, 0.29) is 24.8 Å². The van der Waals surface area contributed by atoms with Gasteiger partial charge in [-0.25, -0.2) is 8.78 Å². The Hall–Kier alpha value is -2.95. The third kappa shape index (κ3) is 3.87. The molecule has 3 aromatic rings. The number of rotatable bonds is 5. The summed E-state index contributed by atoms with van der Waals surface area (Å²) in [5, 5.41) is 0. The molecule has 5 heteroatoms. The first-order chi connectivity index (χ1) is 11.6. The average molecular weight is 327 g/mol. The Morgan fingerprint density at radius 2 is 1.50 bits per heavy atom. The molecule has 0 atom stereocenters. The fourth-order valence-corrected chi connectivity index (χ4v) is 2.38. The molecule has 0 N–H and O–H groups in total. The first-order valence-electron chi connectivity index (χ1n) is 7.43. The van der Waals surface area contributed by atoms with Crippen LogP contribution >= 0.6 is 0 Å². The number of halogens is 2. The molecule has 0 aliphatic heterocycles. The molecule has 3 nitrogen and oxygen atoms in total. The molecule has 0 unspecified atom stereocenters. The Balaban J connectivity index is 1.84. The minimum Gasteiger partial charge on any atom is -0.467 e. The van der Waals surface area contributed by atoms with Crippen molar-refractivity contribution in [2.24, 2.45) is 0 Å².